The Morgan fingerprint density at radius 3 is 2.37 bits per heavy atom. The third-order valence-electron chi connectivity index (χ3n) is 5.68. The minimum Gasteiger partial charge on any atom is -0.382 e. The lowest BCUT2D eigenvalue weighted by Crippen LogP contribution is -2.53. The molecule has 1 aliphatic heterocycles. The Balaban J connectivity index is 1.62. The predicted molar refractivity (Wildman–Crippen MR) is 112 cm³/mol. The molecule has 0 aliphatic carbocycles. The Bertz CT molecular complexity index is 967. The van der Waals surface area contributed by atoms with Gasteiger partial charge in [-0.25, -0.2) is 8.78 Å². The van der Waals surface area contributed by atoms with Crippen molar-refractivity contribution in [3.05, 3.63) is 107 Å². The van der Waals surface area contributed by atoms with E-state index in [4.69, 9.17) is 4.74 Å². The summed E-state index contributed by atoms with van der Waals surface area (Å²) in [6.07, 6.45) is -0.561. The number of hydrogen-bond donors (Lipinski definition) is 1. The molecule has 156 valence electrons. The van der Waals surface area contributed by atoms with Gasteiger partial charge >= 0.3 is 0 Å². The zero-order valence-corrected chi connectivity index (χ0v) is 16.7. The summed E-state index contributed by atoms with van der Waals surface area (Å²) in [4.78, 5) is 2.23. The molecule has 0 saturated carbocycles. The molecule has 2 atom stereocenters. The van der Waals surface area contributed by atoms with Crippen molar-refractivity contribution in [3.63, 3.8) is 0 Å². The molecule has 2 unspecified atom stereocenters. The summed E-state index contributed by atoms with van der Waals surface area (Å²) < 4.78 is 33.8. The van der Waals surface area contributed by atoms with E-state index in [2.05, 4.69) is 17.0 Å². The van der Waals surface area contributed by atoms with Gasteiger partial charge in [-0.3, -0.25) is 4.90 Å². The first-order valence-electron chi connectivity index (χ1n) is 10.1. The molecule has 3 nitrogen and oxygen atoms in total. The van der Waals surface area contributed by atoms with Crippen molar-refractivity contribution < 1.29 is 18.6 Å². The highest BCUT2D eigenvalue weighted by molar-refractivity contribution is 5.30. The van der Waals surface area contributed by atoms with Crippen LogP contribution in [0.1, 0.15) is 16.7 Å². The Hall–Kier alpha value is -2.60. The van der Waals surface area contributed by atoms with E-state index in [1.165, 1.54) is 17.7 Å². The summed E-state index contributed by atoms with van der Waals surface area (Å²) in [5.74, 6) is -1.30. The van der Waals surface area contributed by atoms with E-state index in [1.807, 2.05) is 48.5 Å². The van der Waals surface area contributed by atoms with Crippen LogP contribution in [0, 0.1) is 11.6 Å². The smallest absolute Gasteiger partial charge is 0.129 e. The number of ether oxygens (including phenoxy) is 1. The predicted octanol–water partition coefficient (Wildman–Crippen LogP) is 4.30. The fraction of sp³-hybridized carbons (Fsp3) is 0.280. The normalized spacial score (nSPS) is 19.4. The second-order valence-corrected chi connectivity index (χ2v) is 7.78. The van der Waals surface area contributed by atoms with Gasteiger partial charge in [0, 0.05) is 32.1 Å². The second-order valence-electron chi connectivity index (χ2n) is 7.78. The summed E-state index contributed by atoms with van der Waals surface area (Å²) in [7, 11) is 0. The van der Waals surface area contributed by atoms with E-state index >= 15 is 0 Å². The molecule has 1 fully saturated rings. The number of aliphatic hydroxyl groups is 1. The van der Waals surface area contributed by atoms with E-state index in [0.29, 0.717) is 18.7 Å². The van der Waals surface area contributed by atoms with E-state index in [9.17, 15) is 13.9 Å². The number of rotatable bonds is 6. The van der Waals surface area contributed by atoms with Crippen molar-refractivity contribution in [2.75, 3.05) is 19.7 Å². The summed E-state index contributed by atoms with van der Waals surface area (Å²) in [5.41, 5.74) is 0.646. The maximum atomic E-state index is 14.4. The molecular formula is C25H25F2NO2. The van der Waals surface area contributed by atoms with Gasteiger partial charge in [0.1, 0.15) is 23.3 Å². The number of nitrogens with zero attached hydrogens (tertiary/aromatic N) is 1. The topological polar surface area (TPSA) is 32.7 Å². The Labute approximate surface area is 175 Å². The highest BCUT2D eigenvalue weighted by atomic mass is 19.1. The van der Waals surface area contributed by atoms with Gasteiger partial charge in [0.15, 0.2) is 0 Å². The van der Waals surface area contributed by atoms with Crippen LogP contribution in [0.25, 0.3) is 0 Å². The van der Waals surface area contributed by atoms with Gasteiger partial charge in [-0.15, -0.1) is 0 Å². The first-order chi connectivity index (χ1) is 14.5. The van der Waals surface area contributed by atoms with Crippen molar-refractivity contribution in [1.29, 1.82) is 0 Å². The van der Waals surface area contributed by atoms with E-state index in [1.54, 1.807) is 0 Å². The van der Waals surface area contributed by atoms with Crippen LogP contribution in [0.3, 0.4) is 0 Å². The first kappa shape index (κ1) is 20.7. The van der Waals surface area contributed by atoms with E-state index in [-0.39, 0.29) is 12.0 Å². The fourth-order valence-corrected chi connectivity index (χ4v) is 4.06. The van der Waals surface area contributed by atoms with Gasteiger partial charge < -0.3 is 9.84 Å². The van der Waals surface area contributed by atoms with Gasteiger partial charge in [-0.05, 0) is 22.8 Å². The second kappa shape index (κ2) is 9.04. The van der Waals surface area contributed by atoms with Crippen LogP contribution in [0.2, 0.25) is 0 Å². The number of benzene rings is 3. The maximum Gasteiger partial charge on any atom is 0.129 e. The van der Waals surface area contributed by atoms with Crippen LogP contribution in [-0.2, 0) is 23.3 Å². The molecule has 30 heavy (non-hydrogen) atoms. The molecule has 0 aromatic heterocycles. The molecule has 1 saturated heterocycles. The largest absolute Gasteiger partial charge is 0.382 e. The molecule has 4 rings (SSSR count). The van der Waals surface area contributed by atoms with Gasteiger partial charge in [0.05, 0.1) is 6.61 Å². The molecule has 1 heterocycles. The van der Waals surface area contributed by atoms with Crippen molar-refractivity contribution in [3.8, 4) is 0 Å². The van der Waals surface area contributed by atoms with Crippen LogP contribution in [0.15, 0.2) is 78.9 Å². The average molecular weight is 409 g/mol. The van der Waals surface area contributed by atoms with Crippen LogP contribution >= 0.6 is 0 Å². The van der Waals surface area contributed by atoms with Crippen LogP contribution in [0.4, 0.5) is 8.78 Å². The van der Waals surface area contributed by atoms with Gasteiger partial charge in [0.25, 0.3) is 0 Å². The zero-order chi connectivity index (χ0) is 21.0. The minimum absolute atomic E-state index is 0.00697. The summed E-state index contributed by atoms with van der Waals surface area (Å²) in [6.45, 7) is 2.47. The maximum absolute atomic E-state index is 14.4. The molecule has 0 amide bonds. The third-order valence-corrected chi connectivity index (χ3v) is 5.68. The molecule has 3 aromatic carbocycles. The highest BCUT2D eigenvalue weighted by Crippen LogP contribution is 2.34. The van der Waals surface area contributed by atoms with Crippen LogP contribution < -0.4 is 0 Å². The van der Waals surface area contributed by atoms with Crippen molar-refractivity contribution in [2.24, 2.45) is 0 Å². The molecule has 0 bridgehead atoms. The molecule has 5 heteroatoms. The Kier molecular flexibility index (Phi) is 6.23. The van der Waals surface area contributed by atoms with Crippen molar-refractivity contribution in [2.45, 2.75) is 24.7 Å². The molecule has 0 spiro atoms. The molecular weight excluding hydrogens is 384 g/mol. The van der Waals surface area contributed by atoms with Gasteiger partial charge in [-0.2, -0.15) is 0 Å². The zero-order valence-electron chi connectivity index (χ0n) is 16.7. The van der Waals surface area contributed by atoms with Crippen molar-refractivity contribution >= 4 is 0 Å². The Morgan fingerprint density at radius 1 is 0.967 bits per heavy atom. The standard InChI is InChI=1S/C25H25F2NO2/c26-22-12-11-20(23(27)15-22)16-25(29,21-9-5-2-6-10-21)24-18-28(13-14-30-24)17-19-7-3-1-4-8-19/h1-12,15,24,29H,13-14,16-18H2. The first-order valence-corrected chi connectivity index (χ1v) is 10.1. The van der Waals surface area contributed by atoms with Crippen LogP contribution in [-0.4, -0.2) is 35.8 Å². The van der Waals surface area contributed by atoms with Crippen molar-refractivity contribution in [1.82, 2.24) is 4.90 Å². The van der Waals surface area contributed by atoms with E-state index in [0.717, 1.165) is 19.2 Å². The minimum atomic E-state index is -1.45. The summed E-state index contributed by atoms with van der Waals surface area (Å²) in [6, 6.07) is 22.8. The lowest BCUT2D eigenvalue weighted by molar-refractivity contribution is -0.150. The quantitative estimate of drug-likeness (QED) is 0.659. The average Bonchev–Trinajstić information content (AvgIpc) is 2.77. The molecule has 0 radical (unpaired) electrons. The number of halogens is 2. The fourth-order valence-electron chi connectivity index (χ4n) is 4.06. The van der Waals surface area contributed by atoms with Gasteiger partial charge in [-0.1, -0.05) is 66.7 Å². The van der Waals surface area contributed by atoms with Crippen LogP contribution in [0.5, 0.6) is 0 Å². The molecule has 1 aliphatic rings. The number of morpholine rings is 1. The monoisotopic (exact) mass is 409 g/mol. The third kappa shape index (κ3) is 4.59. The molecule has 3 aromatic rings. The summed E-state index contributed by atoms with van der Waals surface area (Å²) in [5, 5.41) is 11.8. The number of hydrogen-bond acceptors (Lipinski definition) is 3. The SMILES string of the molecule is OC(Cc1ccc(F)cc1F)(c1ccccc1)C1CN(Cc2ccccc2)CCO1. The summed E-state index contributed by atoms with van der Waals surface area (Å²) >= 11 is 0. The molecule has 1 N–H and O–H groups in total. The Morgan fingerprint density at radius 2 is 1.67 bits per heavy atom. The van der Waals surface area contributed by atoms with E-state index < -0.39 is 23.3 Å². The highest BCUT2D eigenvalue weighted by Gasteiger charge is 2.42. The van der Waals surface area contributed by atoms with Gasteiger partial charge in [0.2, 0.25) is 0 Å². The lowest BCUT2D eigenvalue weighted by Gasteiger charge is -2.42. The lowest BCUT2D eigenvalue weighted by atomic mass is 9.81.